The Morgan fingerprint density at radius 1 is 1.11 bits per heavy atom. The van der Waals surface area contributed by atoms with Crippen LogP contribution in [0.3, 0.4) is 0 Å². The number of amides is 2. The van der Waals surface area contributed by atoms with Crippen molar-refractivity contribution >= 4 is 34.3 Å². The van der Waals surface area contributed by atoms with Gasteiger partial charge < -0.3 is 14.8 Å². The molecule has 192 valence electrons. The lowest BCUT2D eigenvalue weighted by Crippen LogP contribution is -2.29. The molecule has 0 spiro atoms. The molecule has 1 heterocycles. The van der Waals surface area contributed by atoms with Crippen LogP contribution >= 0.6 is 11.8 Å². The number of ether oxygens (including phenoxy) is 2. The Morgan fingerprint density at radius 2 is 1.89 bits per heavy atom. The van der Waals surface area contributed by atoms with Crippen LogP contribution in [0, 0.1) is 0 Å². The zero-order chi connectivity index (χ0) is 25.3. The summed E-state index contributed by atoms with van der Waals surface area (Å²) in [6, 6.07) is 13.4. The standard InChI is InChI=1S/C28H35N3O4S/c1-3-4-5-10-27(32)29-22-14-11-20(12-15-22)18-31-28(33)36-19-24(30-31)21-13-16-25(34-2)26(17-21)35-23-8-6-7-9-23/h11-17,23H,3-10,18-19H2,1-2H3,(H,29,32). The molecule has 1 saturated carbocycles. The van der Waals surface area contributed by atoms with Gasteiger partial charge in [-0.05, 0) is 68.0 Å². The van der Waals surface area contributed by atoms with Crippen LogP contribution in [0.2, 0.25) is 0 Å². The van der Waals surface area contributed by atoms with Crippen molar-refractivity contribution in [3.05, 3.63) is 53.6 Å². The van der Waals surface area contributed by atoms with Gasteiger partial charge in [0.05, 0.1) is 25.5 Å². The van der Waals surface area contributed by atoms with Crippen LogP contribution in [0.4, 0.5) is 10.5 Å². The van der Waals surface area contributed by atoms with Crippen LogP contribution in [0.5, 0.6) is 11.5 Å². The maximum absolute atomic E-state index is 12.6. The van der Waals surface area contributed by atoms with Crippen LogP contribution < -0.4 is 14.8 Å². The summed E-state index contributed by atoms with van der Waals surface area (Å²) in [5.41, 5.74) is 3.46. The van der Waals surface area contributed by atoms with Gasteiger partial charge in [0.15, 0.2) is 11.5 Å². The molecule has 36 heavy (non-hydrogen) atoms. The average molecular weight is 510 g/mol. The number of unbranched alkanes of at least 4 members (excludes halogenated alkanes) is 2. The minimum atomic E-state index is -0.0806. The van der Waals surface area contributed by atoms with Crippen molar-refractivity contribution in [1.82, 2.24) is 5.01 Å². The Labute approximate surface area is 217 Å². The predicted molar refractivity (Wildman–Crippen MR) is 145 cm³/mol. The number of hydrogen-bond donors (Lipinski definition) is 1. The topological polar surface area (TPSA) is 80.2 Å². The third-order valence-electron chi connectivity index (χ3n) is 6.45. The third-order valence-corrected chi connectivity index (χ3v) is 7.33. The first kappa shape index (κ1) is 26.1. The molecule has 1 aliphatic heterocycles. The Morgan fingerprint density at radius 3 is 2.61 bits per heavy atom. The lowest BCUT2D eigenvalue weighted by atomic mass is 10.1. The molecule has 0 aromatic heterocycles. The van der Waals surface area contributed by atoms with E-state index >= 15 is 0 Å². The van der Waals surface area contributed by atoms with Gasteiger partial charge in [0.25, 0.3) is 0 Å². The molecule has 7 nitrogen and oxygen atoms in total. The summed E-state index contributed by atoms with van der Waals surface area (Å²) in [4.78, 5) is 24.7. The van der Waals surface area contributed by atoms with E-state index in [2.05, 4.69) is 17.3 Å². The molecule has 2 amide bonds. The quantitative estimate of drug-likeness (QED) is 0.345. The summed E-state index contributed by atoms with van der Waals surface area (Å²) in [6.45, 7) is 2.48. The highest BCUT2D eigenvalue weighted by molar-refractivity contribution is 8.14. The van der Waals surface area contributed by atoms with Crippen LogP contribution in [-0.2, 0) is 11.3 Å². The zero-order valence-corrected chi connectivity index (χ0v) is 21.9. The summed E-state index contributed by atoms with van der Waals surface area (Å²) in [6.07, 6.45) is 8.32. The lowest BCUT2D eigenvalue weighted by molar-refractivity contribution is -0.116. The van der Waals surface area contributed by atoms with Crippen molar-refractivity contribution in [2.24, 2.45) is 5.10 Å². The van der Waals surface area contributed by atoms with Gasteiger partial charge in [-0.1, -0.05) is 43.7 Å². The highest BCUT2D eigenvalue weighted by Gasteiger charge is 2.24. The summed E-state index contributed by atoms with van der Waals surface area (Å²) in [7, 11) is 1.65. The van der Waals surface area contributed by atoms with E-state index in [1.165, 1.54) is 29.6 Å². The van der Waals surface area contributed by atoms with Gasteiger partial charge in [0.1, 0.15) is 0 Å². The van der Waals surface area contributed by atoms with Crippen LogP contribution in [0.25, 0.3) is 0 Å². The van der Waals surface area contributed by atoms with Gasteiger partial charge in [-0.2, -0.15) is 5.10 Å². The second-order valence-corrected chi connectivity index (χ2v) is 10.2. The van der Waals surface area contributed by atoms with E-state index in [0.29, 0.717) is 24.5 Å². The largest absolute Gasteiger partial charge is 0.493 e. The minimum Gasteiger partial charge on any atom is -0.493 e. The number of nitrogens with one attached hydrogen (secondary N) is 1. The van der Waals surface area contributed by atoms with E-state index < -0.39 is 0 Å². The van der Waals surface area contributed by atoms with Crippen molar-refractivity contribution in [1.29, 1.82) is 0 Å². The summed E-state index contributed by atoms with van der Waals surface area (Å²) in [5.74, 6) is 1.97. The molecule has 1 N–H and O–H groups in total. The van der Waals surface area contributed by atoms with Crippen LogP contribution in [0.1, 0.15) is 69.4 Å². The van der Waals surface area contributed by atoms with Crippen molar-refractivity contribution in [2.75, 3.05) is 18.2 Å². The molecule has 1 fully saturated rings. The molecule has 0 radical (unpaired) electrons. The van der Waals surface area contributed by atoms with Crippen molar-refractivity contribution in [3.8, 4) is 11.5 Å². The number of carbonyl (C=O) groups excluding carboxylic acids is 2. The first-order chi connectivity index (χ1) is 17.6. The number of benzene rings is 2. The normalized spacial score (nSPS) is 16.1. The average Bonchev–Trinajstić information content (AvgIpc) is 3.40. The Bertz CT molecular complexity index is 1080. The zero-order valence-electron chi connectivity index (χ0n) is 21.1. The van der Waals surface area contributed by atoms with Gasteiger partial charge in [-0.15, -0.1) is 0 Å². The first-order valence-electron chi connectivity index (χ1n) is 12.8. The van der Waals surface area contributed by atoms with E-state index in [9.17, 15) is 9.59 Å². The SMILES string of the molecule is CCCCCC(=O)Nc1ccc(CN2N=C(c3ccc(OC)c(OC4CCCC4)c3)CSC2=O)cc1. The molecule has 0 saturated heterocycles. The van der Waals surface area contributed by atoms with Gasteiger partial charge in [-0.3, -0.25) is 9.59 Å². The monoisotopic (exact) mass is 509 g/mol. The summed E-state index contributed by atoms with van der Waals surface area (Å²) < 4.78 is 11.8. The molecule has 0 unspecified atom stereocenters. The fourth-order valence-corrected chi connectivity index (χ4v) is 5.16. The van der Waals surface area contributed by atoms with E-state index in [1.807, 2.05) is 42.5 Å². The molecule has 2 aromatic rings. The number of thioether (sulfide) groups is 1. The van der Waals surface area contributed by atoms with Crippen molar-refractivity contribution in [2.45, 2.75) is 70.9 Å². The molecule has 2 aromatic carbocycles. The number of hydrazone groups is 1. The van der Waals surface area contributed by atoms with Crippen LogP contribution in [0.15, 0.2) is 47.6 Å². The molecule has 0 bridgehead atoms. The maximum atomic E-state index is 12.6. The number of rotatable bonds is 11. The molecule has 0 atom stereocenters. The molecule has 8 heteroatoms. The fraction of sp³-hybridized carbons (Fsp3) is 0.464. The van der Waals surface area contributed by atoms with Gasteiger partial charge in [0, 0.05) is 23.4 Å². The number of hydrogen-bond acceptors (Lipinski definition) is 6. The summed E-state index contributed by atoms with van der Waals surface area (Å²) >= 11 is 1.25. The van der Waals surface area contributed by atoms with Gasteiger partial charge in [-0.25, -0.2) is 5.01 Å². The van der Waals surface area contributed by atoms with Crippen molar-refractivity contribution < 1.29 is 19.1 Å². The minimum absolute atomic E-state index is 0.0313. The molecule has 2 aliphatic rings. The Hall–Kier alpha value is -3.00. The third kappa shape index (κ3) is 7.03. The maximum Gasteiger partial charge on any atom is 0.302 e. The fourth-order valence-electron chi connectivity index (χ4n) is 4.42. The molecular formula is C28H35N3O4S. The number of methoxy groups -OCH3 is 1. The van der Waals surface area contributed by atoms with Crippen LogP contribution in [-0.4, -0.2) is 40.8 Å². The van der Waals surface area contributed by atoms with Gasteiger partial charge in [0.2, 0.25) is 5.91 Å². The Balaban J connectivity index is 1.43. The predicted octanol–water partition coefficient (Wildman–Crippen LogP) is 6.61. The Kier molecular flexibility index (Phi) is 9.28. The lowest BCUT2D eigenvalue weighted by Gasteiger charge is -2.24. The highest BCUT2D eigenvalue weighted by Crippen LogP contribution is 2.33. The van der Waals surface area contributed by atoms with Gasteiger partial charge >= 0.3 is 5.24 Å². The first-order valence-corrected chi connectivity index (χ1v) is 13.8. The molecule has 4 rings (SSSR count). The summed E-state index contributed by atoms with van der Waals surface area (Å²) in [5, 5.41) is 9.04. The number of carbonyl (C=O) groups is 2. The number of anilines is 1. The van der Waals surface area contributed by atoms with E-state index in [4.69, 9.17) is 9.47 Å². The second-order valence-electron chi connectivity index (χ2n) is 9.25. The van der Waals surface area contributed by atoms with Crippen molar-refractivity contribution in [3.63, 3.8) is 0 Å². The second kappa shape index (κ2) is 12.8. The molecule has 1 aliphatic carbocycles. The van der Waals surface area contributed by atoms with E-state index in [-0.39, 0.29) is 17.3 Å². The molecular weight excluding hydrogens is 474 g/mol. The van der Waals surface area contributed by atoms with E-state index in [0.717, 1.165) is 60.4 Å². The number of nitrogens with zero attached hydrogens (tertiary/aromatic N) is 2. The smallest absolute Gasteiger partial charge is 0.302 e. The highest BCUT2D eigenvalue weighted by atomic mass is 32.2. The van der Waals surface area contributed by atoms with E-state index in [1.54, 1.807) is 7.11 Å².